The van der Waals surface area contributed by atoms with Gasteiger partial charge in [0, 0.05) is 16.6 Å². The molecule has 1 unspecified atom stereocenters. The minimum atomic E-state index is -0.325. The summed E-state index contributed by atoms with van der Waals surface area (Å²) in [6.45, 7) is 2.70. The SMILES string of the molecule is CC(CO)SCCOc1ccc(C(=O)NN)cc1. The standard InChI is InChI=1S/C12H18N2O3S/c1-9(8-15)18-7-6-17-11-4-2-10(3-5-11)12(16)14-13/h2-5,9,15H,6-8,13H2,1H3,(H,14,16). The van der Waals surface area contributed by atoms with Crippen LogP contribution in [0.3, 0.4) is 0 Å². The van der Waals surface area contributed by atoms with E-state index in [1.54, 1.807) is 36.0 Å². The summed E-state index contributed by atoms with van der Waals surface area (Å²) in [6.07, 6.45) is 0. The Morgan fingerprint density at radius 3 is 2.72 bits per heavy atom. The number of nitrogen functional groups attached to an aromatic ring is 1. The summed E-state index contributed by atoms with van der Waals surface area (Å²) in [5.41, 5.74) is 2.56. The smallest absolute Gasteiger partial charge is 0.265 e. The van der Waals surface area contributed by atoms with Gasteiger partial charge in [-0.15, -0.1) is 0 Å². The lowest BCUT2D eigenvalue weighted by Gasteiger charge is -2.09. The molecule has 1 aromatic carbocycles. The van der Waals surface area contributed by atoms with Crippen LogP contribution in [0.4, 0.5) is 0 Å². The first-order valence-electron chi connectivity index (χ1n) is 5.63. The molecule has 0 fully saturated rings. The highest BCUT2D eigenvalue weighted by atomic mass is 32.2. The Labute approximate surface area is 111 Å². The van der Waals surface area contributed by atoms with Crippen molar-refractivity contribution in [2.75, 3.05) is 19.0 Å². The number of carbonyl (C=O) groups excluding carboxylic acids is 1. The third-order valence-corrected chi connectivity index (χ3v) is 3.38. The van der Waals surface area contributed by atoms with Gasteiger partial charge in [-0.25, -0.2) is 5.84 Å². The van der Waals surface area contributed by atoms with Crippen molar-refractivity contribution in [3.05, 3.63) is 29.8 Å². The molecule has 0 spiro atoms. The Bertz CT molecular complexity index is 370. The highest BCUT2D eigenvalue weighted by molar-refractivity contribution is 7.99. The van der Waals surface area contributed by atoms with Gasteiger partial charge in [0.1, 0.15) is 5.75 Å². The fourth-order valence-electron chi connectivity index (χ4n) is 1.25. The van der Waals surface area contributed by atoms with Gasteiger partial charge < -0.3 is 9.84 Å². The van der Waals surface area contributed by atoms with E-state index in [0.29, 0.717) is 17.9 Å². The molecule has 1 aromatic rings. The zero-order valence-corrected chi connectivity index (χ0v) is 11.1. The fraction of sp³-hybridized carbons (Fsp3) is 0.417. The largest absolute Gasteiger partial charge is 0.493 e. The van der Waals surface area contributed by atoms with Gasteiger partial charge in [0.05, 0.1) is 13.2 Å². The Kier molecular flexibility index (Phi) is 6.56. The molecular weight excluding hydrogens is 252 g/mol. The number of carbonyl (C=O) groups is 1. The zero-order valence-electron chi connectivity index (χ0n) is 10.3. The third kappa shape index (κ3) is 4.95. The summed E-state index contributed by atoms with van der Waals surface area (Å²) in [5, 5.41) is 9.07. The van der Waals surface area contributed by atoms with E-state index >= 15 is 0 Å². The number of hydrazine groups is 1. The van der Waals surface area contributed by atoms with Crippen LogP contribution >= 0.6 is 11.8 Å². The Hall–Kier alpha value is -1.24. The van der Waals surface area contributed by atoms with Crippen LogP contribution in [-0.4, -0.2) is 35.2 Å². The van der Waals surface area contributed by atoms with E-state index in [-0.39, 0.29) is 17.8 Å². The van der Waals surface area contributed by atoms with Crippen molar-refractivity contribution in [3.63, 3.8) is 0 Å². The lowest BCUT2D eigenvalue weighted by molar-refractivity contribution is 0.0953. The fourth-order valence-corrected chi connectivity index (χ4v) is 1.93. The van der Waals surface area contributed by atoms with E-state index in [2.05, 4.69) is 5.43 Å². The molecule has 18 heavy (non-hydrogen) atoms. The summed E-state index contributed by atoms with van der Waals surface area (Å²) in [6, 6.07) is 6.76. The second kappa shape index (κ2) is 7.97. The molecule has 6 heteroatoms. The average molecular weight is 270 g/mol. The van der Waals surface area contributed by atoms with E-state index in [9.17, 15) is 4.79 Å². The summed E-state index contributed by atoms with van der Waals surface area (Å²) >= 11 is 1.65. The van der Waals surface area contributed by atoms with Crippen LogP contribution in [0.1, 0.15) is 17.3 Å². The molecule has 0 aliphatic heterocycles. The van der Waals surface area contributed by atoms with Crippen LogP contribution in [0.2, 0.25) is 0 Å². The molecule has 1 atom stereocenters. The van der Waals surface area contributed by atoms with E-state index in [0.717, 1.165) is 5.75 Å². The first-order chi connectivity index (χ1) is 8.67. The number of hydrogen-bond donors (Lipinski definition) is 3. The molecule has 0 aliphatic rings. The van der Waals surface area contributed by atoms with Crippen molar-refractivity contribution in [1.29, 1.82) is 0 Å². The monoisotopic (exact) mass is 270 g/mol. The number of hydrogen-bond acceptors (Lipinski definition) is 5. The lowest BCUT2D eigenvalue weighted by Crippen LogP contribution is -2.29. The van der Waals surface area contributed by atoms with Crippen LogP contribution in [0.15, 0.2) is 24.3 Å². The number of thioether (sulfide) groups is 1. The van der Waals surface area contributed by atoms with Crippen molar-refractivity contribution in [2.45, 2.75) is 12.2 Å². The van der Waals surface area contributed by atoms with Crippen molar-refractivity contribution in [2.24, 2.45) is 5.84 Å². The van der Waals surface area contributed by atoms with Crippen molar-refractivity contribution in [3.8, 4) is 5.75 Å². The van der Waals surface area contributed by atoms with Crippen LogP contribution in [0.5, 0.6) is 5.75 Å². The topological polar surface area (TPSA) is 84.6 Å². The summed E-state index contributed by atoms with van der Waals surface area (Å²) in [5.74, 6) is 6.22. The molecule has 0 radical (unpaired) electrons. The summed E-state index contributed by atoms with van der Waals surface area (Å²) in [7, 11) is 0. The van der Waals surface area contributed by atoms with Gasteiger partial charge in [-0.3, -0.25) is 10.2 Å². The van der Waals surface area contributed by atoms with E-state index in [1.165, 1.54) is 0 Å². The van der Waals surface area contributed by atoms with Gasteiger partial charge in [-0.2, -0.15) is 11.8 Å². The number of benzene rings is 1. The number of nitrogens with two attached hydrogens (primary N) is 1. The average Bonchev–Trinajstić information content (AvgIpc) is 2.43. The molecule has 1 rings (SSSR count). The van der Waals surface area contributed by atoms with Gasteiger partial charge in [-0.1, -0.05) is 6.92 Å². The van der Waals surface area contributed by atoms with Gasteiger partial charge in [0.15, 0.2) is 0 Å². The predicted molar refractivity (Wildman–Crippen MR) is 72.6 cm³/mol. The Morgan fingerprint density at radius 2 is 2.17 bits per heavy atom. The second-order valence-electron chi connectivity index (χ2n) is 3.71. The molecular formula is C12H18N2O3S. The number of ether oxygens (including phenoxy) is 1. The first kappa shape index (κ1) is 14.8. The highest BCUT2D eigenvalue weighted by Crippen LogP contribution is 2.14. The van der Waals surface area contributed by atoms with Crippen LogP contribution in [-0.2, 0) is 0 Å². The maximum Gasteiger partial charge on any atom is 0.265 e. The molecule has 0 saturated carbocycles. The first-order valence-corrected chi connectivity index (χ1v) is 6.68. The number of nitrogens with one attached hydrogen (secondary N) is 1. The normalized spacial score (nSPS) is 11.9. The van der Waals surface area contributed by atoms with E-state index < -0.39 is 0 Å². The highest BCUT2D eigenvalue weighted by Gasteiger charge is 2.03. The molecule has 100 valence electrons. The quantitative estimate of drug-likeness (QED) is 0.295. The predicted octanol–water partition coefficient (Wildman–Crippen LogP) is 0.783. The number of rotatable bonds is 7. The molecule has 0 bridgehead atoms. The molecule has 0 aromatic heterocycles. The van der Waals surface area contributed by atoms with Gasteiger partial charge in [0.25, 0.3) is 5.91 Å². The molecule has 5 nitrogen and oxygen atoms in total. The maximum atomic E-state index is 11.2. The Balaban J connectivity index is 2.33. The summed E-state index contributed by atoms with van der Waals surface area (Å²) < 4.78 is 5.50. The van der Waals surface area contributed by atoms with Crippen LogP contribution < -0.4 is 16.0 Å². The van der Waals surface area contributed by atoms with Crippen molar-refractivity contribution in [1.82, 2.24) is 5.43 Å². The maximum absolute atomic E-state index is 11.2. The Morgan fingerprint density at radius 1 is 1.50 bits per heavy atom. The van der Waals surface area contributed by atoms with E-state index in [4.69, 9.17) is 15.7 Å². The minimum Gasteiger partial charge on any atom is -0.493 e. The van der Waals surface area contributed by atoms with Crippen molar-refractivity contribution >= 4 is 17.7 Å². The molecule has 0 aliphatic carbocycles. The van der Waals surface area contributed by atoms with Gasteiger partial charge >= 0.3 is 0 Å². The molecule has 0 saturated heterocycles. The van der Waals surface area contributed by atoms with Crippen molar-refractivity contribution < 1.29 is 14.6 Å². The van der Waals surface area contributed by atoms with E-state index in [1.807, 2.05) is 6.92 Å². The number of aliphatic hydroxyl groups is 1. The second-order valence-corrected chi connectivity index (χ2v) is 5.26. The number of aliphatic hydroxyl groups excluding tert-OH is 1. The zero-order chi connectivity index (χ0) is 13.4. The molecule has 1 amide bonds. The van der Waals surface area contributed by atoms with Crippen LogP contribution in [0, 0.1) is 0 Å². The van der Waals surface area contributed by atoms with Gasteiger partial charge in [-0.05, 0) is 24.3 Å². The lowest BCUT2D eigenvalue weighted by atomic mass is 10.2. The van der Waals surface area contributed by atoms with Crippen LogP contribution in [0.25, 0.3) is 0 Å². The summed E-state index contributed by atoms with van der Waals surface area (Å²) in [4.78, 5) is 11.2. The minimum absolute atomic E-state index is 0.174. The number of amides is 1. The van der Waals surface area contributed by atoms with Gasteiger partial charge in [0.2, 0.25) is 0 Å². The molecule has 0 heterocycles. The molecule has 4 N–H and O–H groups in total. The third-order valence-electron chi connectivity index (χ3n) is 2.26.